The van der Waals surface area contributed by atoms with Crippen LogP contribution in [0.1, 0.15) is 25.1 Å². The van der Waals surface area contributed by atoms with E-state index in [2.05, 4.69) is 28.0 Å². The van der Waals surface area contributed by atoms with Gasteiger partial charge >= 0.3 is 0 Å². The van der Waals surface area contributed by atoms with E-state index in [0.717, 1.165) is 23.1 Å². The third kappa shape index (κ3) is 3.75. The Labute approximate surface area is 131 Å². The largest absolute Gasteiger partial charge is 0.490 e. The van der Waals surface area contributed by atoms with Gasteiger partial charge in [0.15, 0.2) is 0 Å². The van der Waals surface area contributed by atoms with Gasteiger partial charge in [-0.3, -0.25) is 4.68 Å². The van der Waals surface area contributed by atoms with Gasteiger partial charge in [-0.25, -0.2) is 0 Å². The quantitative estimate of drug-likeness (QED) is 0.853. The Balaban J connectivity index is 2.02. The topological polar surface area (TPSA) is 47.3 Å². The van der Waals surface area contributed by atoms with Gasteiger partial charge in [-0.1, -0.05) is 18.5 Å². The van der Waals surface area contributed by atoms with Crippen molar-refractivity contribution in [3.63, 3.8) is 0 Å². The van der Waals surface area contributed by atoms with Crippen molar-refractivity contribution in [1.29, 1.82) is 0 Å². The lowest BCUT2D eigenvalue weighted by atomic mass is 10.2. The van der Waals surface area contributed by atoms with E-state index in [0.29, 0.717) is 10.8 Å². The van der Waals surface area contributed by atoms with E-state index >= 15 is 0 Å². The van der Waals surface area contributed by atoms with Crippen LogP contribution in [-0.2, 0) is 6.54 Å². The number of aliphatic hydroxyl groups excluding tert-OH is 1. The molecule has 2 aromatic rings. The molecule has 0 aliphatic heterocycles. The van der Waals surface area contributed by atoms with Crippen molar-refractivity contribution in [2.75, 3.05) is 6.61 Å². The summed E-state index contributed by atoms with van der Waals surface area (Å²) in [5.74, 6) is 0.672. The Morgan fingerprint density at radius 1 is 1.40 bits per heavy atom. The van der Waals surface area contributed by atoms with Crippen LogP contribution in [0.3, 0.4) is 0 Å². The van der Waals surface area contributed by atoms with Crippen LogP contribution in [0.25, 0.3) is 0 Å². The van der Waals surface area contributed by atoms with Gasteiger partial charge < -0.3 is 9.84 Å². The molecule has 20 heavy (non-hydrogen) atoms. The maximum Gasteiger partial charge on any atom is 0.131 e. The zero-order valence-electron chi connectivity index (χ0n) is 11.1. The number of aryl methyl sites for hydroxylation is 1. The normalized spacial score (nSPS) is 12.4. The molecular weight excluding hydrogens is 344 g/mol. The molecule has 1 N–H and O–H groups in total. The molecule has 2 rings (SSSR count). The lowest BCUT2D eigenvalue weighted by Crippen LogP contribution is -2.15. The van der Waals surface area contributed by atoms with Gasteiger partial charge in [0, 0.05) is 11.6 Å². The first-order chi connectivity index (χ1) is 9.61. The van der Waals surface area contributed by atoms with E-state index < -0.39 is 6.10 Å². The number of aromatic nitrogens is 2. The standard InChI is InChI=1S/C14H16BrClN2O2/c1-2-7-18-14(12(15)8-17-18)13(19)9-20-11-5-3-10(16)4-6-11/h3-6,8,13,19H,2,7,9H2,1H3. The third-order valence-electron chi connectivity index (χ3n) is 2.81. The summed E-state index contributed by atoms with van der Waals surface area (Å²) in [5.41, 5.74) is 0.737. The van der Waals surface area contributed by atoms with Crippen LogP contribution in [0.5, 0.6) is 5.75 Å². The number of benzene rings is 1. The zero-order valence-corrected chi connectivity index (χ0v) is 13.4. The summed E-state index contributed by atoms with van der Waals surface area (Å²) in [7, 11) is 0. The molecular formula is C14H16BrClN2O2. The van der Waals surface area contributed by atoms with Gasteiger partial charge in [-0.05, 0) is 46.6 Å². The Bertz CT molecular complexity index is 557. The van der Waals surface area contributed by atoms with Crippen molar-refractivity contribution in [1.82, 2.24) is 9.78 Å². The maximum absolute atomic E-state index is 10.3. The predicted octanol–water partition coefficient (Wildman–Crippen LogP) is 3.82. The molecule has 1 heterocycles. The summed E-state index contributed by atoms with van der Waals surface area (Å²) in [6.45, 7) is 2.99. The van der Waals surface area contributed by atoms with Crippen molar-refractivity contribution in [3.8, 4) is 5.75 Å². The fourth-order valence-electron chi connectivity index (χ4n) is 1.88. The molecule has 1 atom stereocenters. The minimum absolute atomic E-state index is 0.162. The summed E-state index contributed by atoms with van der Waals surface area (Å²) in [6, 6.07) is 7.04. The summed E-state index contributed by atoms with van der Waals surface area (Å²) in [6.07, 6.45) is 1.90. The lowest BCUT2D eigenvalue weighted by molar-refractivity contribution is 0.0994. The number of ether oxygens (including phenoxy) is 1. The Kier molecular flexibility index (Phi) is 5.46. The molecule has 1 unspecified atom stereocenters. The molecule has 6 heteroatoms. The van der Waals surface area contributed by atoms with E-state index in [4.69, 9.17) is 16.3 Å². The predicted molar refractivity (Wildman–Crippen MR) is 82.1 cm³/mol. The zero-order chi connectivity index (χ0) is 14.5. The number of nitrogens with zero attached hydrogens (tertiary/aromatic N) is 2. The molecule has 0 saturated carbocycles. The Hall–Kier alpha value is -1.04. The maximum atomic E-state index is 10.3. The first kappa shape index (κ1) is 15.4. The van der Waals surface area contributed by atoms with E-state index in [1.54, 1.807) is 35.1 Å². The Morgan fingerprint density at radius 3 is 2.75 bits per heavy atom. The highest BCUT2D eigenvalue weighted by Gasteiger charge is 2.18. The van der Waals surface area contributed by atoms with Gasteiger partial charge in [-0.2, -0.15) is 5.10 Å². The molecule has 0 amide bonds. The lowest BCUT2D eigenvalue weighted by Gasteiger charge is -2.15. The van der Waals surface area contributed by atoms with Crippen molar-refractivity contribution in [2.24, 2.45) is 0 Å². The van der Waals surface area contributed by atoms with E-state index in [1.165, 1.54) is 0 Å². The minimum atomic E-state index is -0.742. The molecule has 4 nitrogen and oxygen atoms in total. The minimum Gasteiger partial charge on any atom is -0.490 e. The smallest absolute Gasteiger partial charge is 0.131 e. The highest BCUT2D eigenvalue weighted by atomic mass is 79.9. The van der Waals surface area contributed by atoms with Crippen LogP contribution in [-0.4, -0.2) is 21.5 Å². The molecule has 108 valence electrons. The van der Waals surface area contributed by atoms with Gasteiger partial charge in [0.2, 0.25) is 0 Å². The van der Waals surface area contributed by atoms with Gasteiger partial charge in [0.1, 0.15) is 18.5 Å². The summed E-state index contributed by atoms with van der Waals surface area (Å²) in [5, 5.41) is 15.2. The second-order valence-electron chi connectivity index (χ2n) is 4.38. The monoisotopic (exact) mass is 358 g/mol. The number of aliphatic hydroxyl groups is 1. The third-order valence-corrected chi connectivity index (χ3v) is 3.67. The van der Waals surface area contributed by atoms with Crippen molar-refractivity contribution < 1.29 is 9.84 Å². The number of hydrogen-bond donors (Lipinski definition) is 1. The fourth-order valence-corrected chi connectivity index (χ4v) is 2.56. The molecule has 1 aromatic carbocycles. The number of rotatable bonds is 6. The summed E-state index contributed by atoms with van der Waals surface area (Å²) < 4.78 is 8.15. The Morgan fingerprint density at radius 2 is 2.10 bits per heavy atom. The van der Waals surface area contributed by atoms with E-state index in [1.807, 2.05) is 0 Å². The molecule has 0 spiro atoms. The van der Waals surface area contributed by atoms with Gasteiger partial charge in [0.05, 0.1) is 16.4 Å². The molecule has 0 bridgehead atoms. The van der Waals surface area contributed by atoms with Gasteiger partial charge in [-0.15, -0.1) is 0 Å². The number of hydrogen-bond acceptors (Lipinski definition) is 3. The average molecular weight is 360 g/mol. The molecule has 0 radical (unpaired) electrons. The first-order valence-corrected chi connectivity index (χ1v) is 7.56. The summed E-state index contributed by atoms with van der Waals surface area (Å²) >= 11 is 9.22. The molecule has 0 aliphatic rings. The number of halogens is 2. The van der Waals surface area contributed by atoms with Gasteiger partial charge in [0.25, 0.3) is 0 Å². The second-order valence-corrected chi connectivity index (χ2v) is 5.67. The van der Waals surface area contributed by atoms with Crippen LogP contribution in [0, 0.1) is 0 Å². The molecule has 0 fully saturated rings. The van der Waals surface area contributed by atoms with Crippen LogP contribution < -0.4 is 4.74 Å². The second kappa shape index (κ2) is 7.11. The molecule has 0 aliphatic carbocycles. The van der Waals surface area contributed by atoms with E-state index in [9.17, 15) is 5.11 Å². The van der Waals surface area contributed by atoms with Crippen LogP contribution in [0.4, 0.5) is 0 Å². The first-order valence-electron chi connectivity index (χ1n) is 6.39. The van der Waals surface area contributed by atoms with Crippen LogP contribution >= 0.6 is 27.5 Å². The van der Waals surface area contributed by atoms with Crippen molar-refractivity contribution in [2.45, 2.75) is 26.0 Å². The highest BCUT2D eigenvalue weighted by Crippen LogP contribution is 2.25. The van der Waals surface area contributed by atoms with Crippen LogP contribution in [0.15, 0.2) is 34.9 Å². The van der Waals surface area contributed by atoms with Crippen molar-refractivity contribution >= 4 is 27.5 Å². The summed E-state index contributed by atoms with van der Waals surface area (Å²) in [4.78, 5) is 0. The van der Waals surface area contributed by atoms with E-state index in [-0.39, 0.29) is 6.61 Å². The van der Waals surface area contributed by atoms with Crippen LogP contribution in [0.2, 0.25) is 5.02 Å². The molecule has 0 saturated heterocycles. The molecule has 1 aromatic heterocycles. The fraction of sp³-hybridized carbons (Fsp3) is 0.357. The van der Waals surface area contributed by atoms with Crippen molar-refractivity contribution in [3.05, 3.63) is 45.7 Å². The highest BCUT2D eigenvalue weighted by molar-refractivity contribution is 9.10. The SMILES string of the molecule is CCCn1ncc(Br)c1C(O)COc1ccc(Cl)cc1. The average Bonchev–Trinajstić information content (AvgIpc) is 2.79.